The van der Waals surface area contributed by atoms with E-state index in [1.54, 1.807) is 6.07 Å². The third kappa shape index (κ3) is 2.56. The zero-order valence-corrected chi connectivity index (χ0v) is 10.6. The van der Waals surface area contributed by atoms with Crippen LogP contribution in [0.5, 0.6) is 11.5 Å². The van der Waals surface area contributed by atoms with Crippen LogP contribution in [0.3, 0.4) is 0 Å². The second-order valence-corrected chi connectivity index (χ2v) is 4.02. The van der Waals surface area contributed by atoms with Gasteiger partial charge in [0.25, 0.3) is 0 Å². The standard InChI is InChI=1S/C13H17NO4/c1-3-6-14-12(13(15)16-2)9-4-5-10-11(7-9)18-8-17-10/h4-5,7,12,14H,3,6,8H2,1-2H3. The minimum atomic E-state index is -0.468. The normalized spacial score (nSPS) is 14.3. The van der Waals surface area contributed by atoms with E-state index >= 15 is 0 Å². The molecule has 0 amide bonds. The largest absolute Gasteiger partial charge is 0.468 e. The fourth-order valence-corrected chi connectivity index (χ4v) is 1.84. The van der Waals surface area contributed by atoms with Gasteiger partial charge in [0.2, 0.25) is 6.79 Å². The Balaban J connectivity index is 2.21. The van der Waals surface area contributed by atoms with Crippen molar-refractivity contribution in [1.82, 2.24) is 5.32 Å². The van der Waals surface area contributed by atoms with E-state index in [0.717, 1.165) is 18.5 Å². The number of hydrogen-bond acceptors (Lipinski definition) is 5. The number of methoxy groups -OCH3 is 1. The molecule has 5 nitrogen and oxygen atoms in total. The van der Waals surface area contributed by atoms with Crippen LogP contribution in [0.2, 0.25) is 0 Å². The van der Waals surface area contributed by atoms with Crippen molar-refractivity contribution >= 4 is 5.97 Å². The monoisotopic (exact) mass is 251 g/mol. The highest BCUT2D eigenvalue weighted by Crippen LogP contribution is 2.34. The van der Waals surface area contributed by atoms with Crippen molar-refractivity contribution in [2.75, 3.05) is 20.4 Å². The van der Waals surface area contributed by atoms with Crippen LogP contribution in [0.25, 0.3) is 0 Å². The smallest absolute Gasteiger partial charge is 0.327 e. The Morgan fingerprint density at radius 3 is 2.94 bits per heavy atom. The first-order valence-electron chi connectivity index (χ1n) is 5.97. The fourth-order valence-electron chi connectivity index (χ4n) is 1.84. The molecule has 0 saturated heterocycles. The van der Waals surface area contributed by atoms with Gasteiger partial charge in [-0.05, 0) is 30.7 Å². The van der Waals surface area contributed by atoms with E-state index in [1.165, 1.54) is 7.11 Å². The molecule has 0 aromatic heterocycles. The highest BCUT2D eigenvalue weighted by Gasteiger charge is 2.23. The summed E-state index contributed by atoms with van der Waals surface area (Å²) in [6.45, 7) is 3.01. The SMILES string of the molecule is CCCNC(C(=O)OC)c1ccc2c(c1)OCO2. The van der Waals surface area contributed by atoms with E-state index in [0.29, 0.717) is 11.5 Å². The molecule has 0 spiro atoms. The van der Waals surface area contributed by atoms with Gasteiger partial charge in [-0.25, -0.2) is 4.79 Å². The molecule has 1 N–H and O–H groups in total. The van der Waals surface area contributed by atoms with Gasteiger partial charge in [0.05, 0.1) is 7.11 Å². The highest BCUT2D eigenvalue weighted by molar-refractivity contribution is 5.78. The van der Waals surface area contributed by atoms with Gasteiger partial charge in [-0.2, -0.15) is 0 Å². The molecule has 1 aromatic rings. The molecule has 0 radical (unpaired) electrons. The van der Waals surface area contributed by atoms with E-state index in [9.17, 15) is 4.79 Å². The lowest BCUT2D eigenvalue weighted by atomic mass is 10.1. The van der Waals surface area contributed by atoms with Crippen molar-refractivity contribution in [3.63, 3.8) is 0 Å². The Kier molecular flexibility index (Phi) is 4.04. The maximum atomic E-state index is 11.8. The molecule has 1 atom stereocenters. The van der Waals surface area contributed by atoms with Gasteiger partial charge in [0, 0.05) is 0 Å². The first kappa shape index (κ1) is 12.7. The molecule has 0 fully saturated rings. The van der Waals surface area contributed by atoms with Gasteiger partial charge < -0.3 is 19.5 Å². The molecule has 1 unspecified atom stereocenters. The Hall–Kier alpha value is -1.75. The quantitative estimate of drug-likeness (QED) is 0.806. The summed E-state index contributed by atoms with van der Waals surface area (Å²) < 4.78 is 15.4. The molecule has 0 aliphatic carbocycles. The summed E-state index contributed by atoms with van der Waals surface area (Å²) in [6.07, 6.45) is 0.943. The van der Waals surface area contributed by atoms with E-state index in [2.05, 4.69) is 5.32 Å². The Labute approximate surface area is 106 Å². The summed E-state index contributed by atoms with van der Waals surface area (Å²) in [5.41, 5.74) is 0.819. The number of benzene rings is 1. The van der Waals surface area contributed by atoms with Gasteiger partial charge in [0.15, 0.2) is 11.5 Å². The highest BCUT2D eigenvalue weighted by atomic mass is 16.7. The van der Waals surface area contributed by atoms with Crippen molar-refractivity contribution in [2.24, 2.45) is 0 Å². The lowest BCUT2D eigenvalue weighted by Crippen LogP contribution is -2.30. The van der Waals surface area contributed by atoms with Crippen molar-refractivity contribution in [3.8, 4) is 11.5 Å². The summed E-state index contributed by atoms with van der Waals surface area (Å²) in [4.78, 5) is 11.8. The van der Waals surface area contributed by atoms with Crippen molar-refractivity contribution < 1.29 is 19.0 Å². The van der Waals surface area contributed by atoms with E-state index in [4.69, 9.17) is 14.2 Å². The van der Waals surface area contributed by atoms with Crippen LogP contribution in [0.15, 0.2) is 18.2 Å². The van der Waals surface area contributed by atoms with Crippen LogP contribution in [0.4, 0.5) is 0 Å². The van der Waals surface area contributed by atoms with Crippen LogP contribution in [0.1, 0.15) is 24.9 Å². The van der Waals surface area contributed by atoms with Crippen molar-refractivity contribution in [2.45, 2.75) is 19.4 Å². The molecular weight excluding hydrogens is 234 g/mol. The molecule has 1 heterocycles. The van der Waals surface area contributed by atoms with Crippen LogP contribution in [-0.4, -0.2) is 26.4 Å². The molecule has 1 aromatic carbocycles. The number of fused-ring (bicyclic) bond motifs is 1. The third-order valence-electron chi connectivity index (χ3n) is 2.77. The molecule has 2 rings (SSSR count). The minimum absolute atomic E-state index is 0.226. The molecular formula is C13H17NO4. The van der Waals surface area contributed by atoms with Gasteiger partial charge in [-0.3, -0.25) is 0 Å². The van der Waals surface area contributed by atoms with Crippen LogP contribution in [0, 0.1) is 0 Å². The fraction of sp³-hybridized carbons (Fsp3) is 0.462. The van der Waals surface area contributed by atoms with Crippen LogP contribution >= 0.6 is 0 Å². The van der Waals surface area contributed by atoms with Crippen molar-refractivity contribution in [3.05, 3.63) is 23.8 Å². The van der Waals surface area contributed by atoms with Gasteiger partial charge in [-0.1, -0.05) is 13.0 Å². The third-order valence-corrected chi connectivity index (χ3v) is 2.77. The minimum Gasteiger partial charge on any atom is -0.468 e. The molecule has 0 saturated carbocycles. The number of hydrogen-bond donors (Lipinski definition) is 1. The topological polar surface area (TPSA) is 56.8 Å². The number of carbonyl (C=O) groups excluding carboxylic acids is 1. The van der Waals surface area contributed by atoms with E-state index in [1.807, 2.05) is 19.1 Å². The number of nitrogens with one attached hydrogen (secondary N) is 1. The predicted molar refractivity (Wildman–Crippen MR) is 65.6 cm³/mol. The maximum Gasteiger partial charge on any atom is 0.327 e. The lowest BCUT2D eigenvalue weighted by molar-refractivity contribution is -0.143. The average Bonchev–Trinajstić information content (AvgIpc) is 2.86. The number of esters is 1. The molecule has 5 heteroatoms. The second kappa shape index (κ2) is 5.73. The van der Waals surface area contributed by atoms with Gasteiger partial charge in [-0.15, -0.1) is 0 Å². The maximum absolute atomic E-state index is 11.8. The summed E-state index contributed by atoms with van der Waals surface area (Å²) >= 11 is 0. The van der Waals surface area contributed by atoms with Gasteiger partial charge in [0.1, 0.15) is 6.04 Å². The Bertz CT molecular complexity index is 433. The predicted octanol–water partition coefficient (Wildman–Crippen LogP) is 1.63. The summed E-state index contributed by atoms with van der Waals surface area (Å²) in [7, 11) is 1.38. The zero-order valence-electron chi connectivity index (χ0n) is 10.6. The van der Waals surface area contributed by atoms with E-state index in [-0.39, 0.29) is 12.8 Å². The van der Waals surface area contributed by atoms with Crippen LogP contribution in [-0.2, 0) is 9.53 Å². The Morgan fingerprint density at radius 1 is 1.44 bits per heavy atom. The van der Waals surface area contributed by atoms with E-state index < -0.39 is 6.04 Å². The molecule has 98 valence electrons. The lowest BCUT2D eigenvalue weighted by Gasteiger charge is -2.16. The van der Waals surface area contributed by atoms with Crippen LogP contribution < -0.4 is 14.8 Å². The van der Waals surface area contributed by atoms with Gasteiger partial charge >= 0.3 is 5.97 Å². The molecule has 1 aliphatic rings. The number of rotatable bonds is 5. The number of ether oxygens (including phenoxy) is 3. The molecule has 1 aliphatic heterocycles. The summed E-state index contributed by atoms with van der Waals surface area (Å²) in [6, 6.07) is 5.00. The summed E-state index contributed by atoms with van der Waals surface area (Å²) in [5.74, 6) is 1.07. The second-order valence-electron chi connectivity index (χ2n) is 4.02. The summed E-state index contributed by atoms with van der Waals surface area (Å²) in [5, 5.41) is 3.16. The first-order chi connectivity index (χ1) is 8.76. The number of carbonyl (C=O) groups is 1. The average molecular weight is 251 g/mol. The van der Waals surface area contributed by atoms with Crippen molar-refractivity contribution in [1.29, 1.82) is 0 Å². The molecule has 18 heavy (non-hydrogen) atoms. The zero-order chi connectivity index (χ0) is 13.0. The Morgan fingerprint density at radius 2 is 2.22 bits per heavy atom. The first-order valence-corrected chi connectivity index (χ1v) is 5.97. The molecule has 0 bridgehead atoms.